The van der Waals surface area contributed by atoms with Gasteiger partial charge in [-0.3, -0.25) is 14.9 Å². The zero-order valence-electron chi connectivity index (χ0n) is 21.1. The number of fused-ring (bicyclic) bond motifs is 1. The summed E-state index contributed by atoms with van der Waals surface area (Å²) in [6, 6.07) is 6.98. The third-order valence-corrected chi connectivity index (χ3v) is 9.30. The molecule has 1 amide bonds. The Labute approximate surface area is 224 Å². The van der Waals surface area contributed by atoms with Gasteiger partial charge in [-0.1, -0.05) is 18.2 Å². The number of carbonyl (C=O) groups excluding carboxylic acids is 1. The number of pyridine rings is 1. The van der Waals surface area contributed by atoms with Crippen LogP contribution < -0.4 is 15.8 Å². The summed E-state index contributed by atoms with van der Waals surface area (Å²) in [5.41, 5.74) is 6.04. The molecule has 1 aromatic carbocycles. The van der Waals surface area contributed by atoms with E-state index in [1.165, 1.54) is 42.6 Å². The number of allylic oxidation sites excluding steroid dienone is 2. The van der Waals surface area contributed by atoms with Crippen LogP contribution in [0.2, 0.25) is 0 Å². The maximum absolute atomic E-state index is 14.3. The van der Waals surface area contributed by atoms with Crippen LogP contribution in [0.1, 0.15) is 12.8 Å². The maximum atomic E-state index is 14.3. The van der Waals surface area contributed by atoms with E-state index >= 15 is 0 Å². The van der Waals surface area contributed by atoms with Gasteiger partial charge in [0.15, 0.2) is 0 Å². The predicted octanol–water partition coefficient (Wildman–Crippen LogP) is 2.75. The minimum Gasteiger partial charge on any atom is -0.464 e. The van der Waals surface area contributed by atoms with Crippen molar-refractivity contribution in [2.24, 2.45) is 11.7 Å². The number of carbonyl (C=O) groups is 1. The van der Waals surface area contributed by atoms with E-state index in [0.717, 1.165) is 32.0 Å². The molecule has 4 N–H and O–H groups in total. The molecule has 12 nitrogen and oxygen atoms in total. The fraction of sp³-hybridized carbons (Fsp3) is 0.308. The van der Waals surface area contributed by atoms with Gasteiger partial charge in [-0.05, 0) is 63.3 Å². The van der Waals surface area contributed by atoms with Crippen LogP contribution in [-0.4, -0.2) is 65.2 Å². The first-order chi connectivity index (χ1) is 18.6. The number of nitro groups is 1. The van der Waals surface area contributed by atoms with Crippen molar-refractivity contribution in [3.05, 3.63) is 77.1 Å². The molecule has 5 rings (SSSR count). The number of aromatic nitrogens is 2. The minimum absolute atomic E-state index is 0.0125. The van der Waals surface area contributed by atoms with Gasteiger partial charge < -0.3 is 25.7 Å². The monoisotopic (exact) mass is 552 g/mol. The molecule has 0 bridgehead atoms. The number of sulfone groups is 1. The topological polar surface area (TPSA) is 174 Å². The van der Waals surface area contributed by atoms with Crippen molar-refractivity contribution in [3.63, 3.8) is 0 Å². The molecule has 0 radical (unpaired) electrons. The Bertz CT molecular complexity index is 1590. The second kappa shape index (κ2) is 10.2. The smallest absolute Gasteiger partial charge is 0.293 e. The lowest BCUT2D eigenvalue weighted by Crippen LogP contribution is -2.53. The number of primary amides is 1. The van der Waals surface area contributed by atoms with Gasteiger partial charge in [0, 0.05) is 23.7 Å². The molecule has 2 aliphatic rings. The van der Waals surface area contributed by atoms with E-state index in [-0.39, 0.29) is 22.4 Å². The van der Waals surface area contributed by atoms with E-state index in [9.17, 15) is 23.3 Å². The van der Waals surface area contributed by atoms with Crippen LogP contribution in [0.3, 0.4) is 0 Å². The van der Waals surface area contributed by atoms with Gasteiger partial charge in [-0.25, -0.2) is 13.4 Å². The van der Waals surface area contributed by atoms with Crippen molar-refractivity contribution in [1.29, 1.82) is 0 Å². The van der Waals surface area contributed by atoms with Gasteiger partial charge in [-0.15, -0.1) is 0 Å². The average Bonchev–Trinajstić information content (AvgIpc) is 3.38. The second-order valence-corrected chi connectivity index (χ2v) is 11.8. The fourth-order valence-electron chi connectivity index (χ4n) is 4.97. The number of piperidine rings is 1. The SMILES string of the molecule is CN1CCC(Nc2ccc(S(=O)(=O)C3(Oc4cnc5[nH]ccc5c4)C=CC=CC3C(N)=O)cc2[N+](=O)[O-])CC1. The summed E-state index contributed by atoms with van der Waals surface area (Å²) < 4.78 is 34.6. The summed E-state index contributed by atoms with van der Waals surface area (Å²) in [7, 11) is -2.59. The average molecular weight is 553 g/mol. The van der Waals surface area contributed by atoms with E-state index in [1.54, 1.807) is 18.3 Å². The first-order valence-electron chi connectivity index (χ1n) is 12.4. The lowest BCUT2D eigenvalue weighted by Gasteiger charge is -2.36. The predicted molar refractivity (Wildman–Crippen MR) is 145 cm³/mol. The van der Waals surface area contributed by atoms with Gasteiger partial charge in [-0.2, -0.15) is 0 Å². The van der Waals surface area contributed by atoms with E-state index in [0.29, 0.717) is 11.0 Å². The molecule has 2 aromatic heterocycles. The van der Waals surface area contributed by atoms with E-state index in [1.807, 2.05) is 7.05 Å². The number of aromatic amines is 1. The van der Waals surface area contributed by atoms with Gasteiger partial charge in [0.25, 0.3) is 5.69 Å². The summed E-state index contributed by atoms with van der Waals surface area (Å²) in [5, 5.41) is 15.9. The lowest BCUT2D eigenvalue weighted by atomic mass is 9.96. The number of hydrogen-bond acceptors (Lipinski definition) is 9. The van der Waals surface area contributed by atoms with Crippen molar-refractivity contribution >= 4 is 38.2 Å². The van der Waals surface area contributed by atoms with Gasteiger partial charge in [0.2, 0.25) is 20.7 Å². The third kappa shape index (κ3) is 4.86. The molecule has 1 aliphatic heterocycles. The standard InChI is InChI=1S/C26H28N6O6S/c1-31-12-8-18(9-13-31)30-22-6-5-20(15-23(22)32(34)35)39(36,37)26(10-3-2-4-21(26)24(27)33)38-19-14-17-7-11-28-25(17)29-16-19/h2-7,10-11,14-16,18,21,30H,8-9,12-13H2,1H3,(H2,27,33)(H,28,29). The first-order valence-corrected chi connectivity index (χ1v) is 13.8. The Balaban J connectivity index is 1.57. The molecule has 2 unspecified atom stereocenters. The molecule has 204 valence electrons. The lowest BCUT2D eigenvalue weighted by molar-refractivity contribution is -0.384. The van der Waals surface area contributed by atoms with E-state index < -0.39 is 37.2 Å². The van der Waals surface area contributed by atoms with Crippen LogP contribution in [0.4, 0.5) is 11.4 Å². The first kappa shape index (κ1) is 26.4. The molecule has 0 saturated carbocycles. The molecule has 1 aliphatic carbocycles. The van der Waals surface area contributed by atoms with Gasteiger partial charge in [0.1, 0.15) is 23.0 Å². The van der Waals surface area contributed by atoms with Crippen LogP contribution >= 0.6 is 0 Å². The largest absolute Gasteiger partial charge is 0.464 e. The summed E-state index contributed by atoms with van der Waals surface area (Å²) in [6.07, 6.45) is 10.1. The van der Waals surface area contributed by atoms with Crippen LogP contribution in [-0.2, 0) is 14.6 Å². The van der Waals surface area contributed by atoms with E-state index in [2.05, 4.69) is 20.2 Å². The molecule has 0 spiro atoms. The van der Waals surface area contributed by atoms with Crippen molar-refractivity contribution in [3.8, 4) is 5.75 Å². The zero-order valence-corrected chi connectivity index (χ0v) is 21.9. The summed E-state index contributed by atoms with van der Waals surface area (Å²) in [6.45, 7) is 1.69. The molecule has 3 heterocycles. The highest BCUT2D eigenvalue weighted by Gasteiger charge is 2.54. The molecule has 13 heteroatoms. The van der Waals surface area contributed by atoms with Crippen LogP contribution in [0.25, 0.3) is 11.0 Å². The Morgan fingerprint density at radius 1 is 1.26 bits per heavy atom. The molecule has 2 atom stereocenters. The Morgan fingerprint density at radius 3 is 2.74 bits per heavy atom. The number of rotatable bonds is 8. The molecular formula is C26H28N6O6S. The van der Waals surface area contributed by atoms with Crippen LogP contribution in [0.15, 0.2) is 71.9 Å². The number of nitrogens with two attached hydrogens (primary N) is 1. The van der Waals surface area contributed by atoms with Crippen molar-refractivity contribution in [2.45, 2.75) is 28.7 Å². The number of benzene rings is 1. The van der Waals surface area contributed by atoms with Gasteiger partial charge >= 0.3 is 0 Å². The van der Waals surface area contributed by atoms with Crippen LogP contribution in [0, 0.1) is 16.0 Å². The maximum Gasteiger partial charge on any atom is 0.293 e. The Morgan fingerprint density at radius 2 is 2.03 bits per heavy atom. The normalized spacial score (nSPS) is 22.1. The Hall–Kier alpha value is -4.23. The number of amides is 1. The quantitative estimate of drug-likeness (QED) is 0.280. The highest BCUT2D eigenvalue weighted by Crippen LogP contribution is 2.41. The van der Waals surface area contributed by atoms with Crippen molar-refractivity contribution in [2.75, 3.05) is 25.5 Å². The van der Waals surface area contributed by atoms with Crippen molar-refractivity contribution < 1.29 is 22.9 Å². The highest BCUT2D eigenvalue weighted by atomic mass is 32.2. The molecule has 39 heavy (non-hydrogen) atoms. The summed E-state index contributed by atoms with van der Waals surface area (Å²) in [4.78, 5) is 30.6. The highest BCUT2D eigenvalue weighted by molar-refractivity contribution is 7.93. The number of likely N-dealkylation sites (tertiary alicyclic amines) is 1. The minimum atomic E-state index is -4.60. The molecule has 1 saturated heterocycles. The number of nitrogens with one attached hydrogen (secondary N) is 2. The summed E-state index contributed by atoms with van der Waals surface area (Å²) >= 11 is 0. The number of ether oxygens (including phenoxy) is 1. The second-order valence-electron chi connectivity index (χ2n) is 9.70. The molecule has 1 fully saturated rings. The third-order valence-electron chi connectivity index (χ3n) is 7.11. The number of hydrogen-bond donors (Lipinski definition) is 3. The number of H-pyrrole nitrogens is 1. The number of nitrogens with zero attached hydrogens (tertiary/aromatic N) is 3. The molecule has 3 aromatic rings. The zero-order chi connectivity index (χ0) is 27.8. The Kier molecular flexibility index (Phi) is 6.87. The number of nitro benzene ring substituents is 1. The number of anilines is 1. The van der Waals surface area contributed by atoms with Crippen molar-refractivity contribution in [1.82, 2.24) is 14.9 Å². The van der Waals surface area contributed by atoms with E-state index in [4.69, 9.17) is 10.5 Å². The molecular weight excluding hydrogens is 524 g/mol. The summed E-state index contributed by atoms with van der Waals surface area (Å²) in [5.74, 6) is -2.29. The fourth-order valence-corrected chi connectivity index (χ4v) is 6.85. The van der Waals surface area contributed by atoms with Crippen LogP contribution in [0.5, 0.6) is 5.75 Å². The van der Waals surface area contributed by atoms with Gasteiger partial charge in [0.05, 0.1) is 16.0 Å².